The van der Waals surface area contributed by atoms with Crippen LogP contribution in [-0.4, -0.2) is 34.8 Å². The van der Waals surface area contributed by atoms with Crippen LogP contribution < -0.4 is 5.32 Å². The van der Waals surface area contributed by atoms with Crippen LogP contribution in [0.3, 0.4) is 0 Å². The summed E-state index contributed by atoms with van der Waals surface area (Å²) in [6, 6.07) is 8.39. The van der Waals surface area contributed by atoms with Crippen LogP contribution in [0.2, 0.25) is 0 Å². The van der Waals surface area contributed by atoms with E-state index < -0.39 is 0 Å². The largest absolute Gasteiger partial charge is 0.348 e. The lowest BCUT2D eigenvalue weighted by Gasteiger charge is -2.23. The molecule has 3 atom stereocenters. The second kappa shape index (κ2) is 6.63. The Morgan fingerprint density at radius 3 is 3.17 bits per heavy atom. The van der Waals surface area contributed by atoms with E-state index >= 15 is 0 Å². The predicted molar refractivity (Wildman–Crippen MR) is 100 cm³/mol. The highest BCUT2D eigenvalue weighted by Gasteiger charge is 2.30. The van der Waals surface area contributed by atoms with Gasteiger partial charge in [-0.1, -0.05) is 43.0 Å². The molecule has 0 bridgehead atoms. The molecule has 24 heavy (non-hydrogen) atoms. The monoisotopic (exact) mass is 341 g/mol. The topological polar surface area (TPSA) is 44.7 Å². The third-order valence-electron chi connectivity index (χ3n) is 5.12. The highest BCUT2D eigenvalue weighted by molar-refractivity contribution is 8.14. The first kappa shape index (κ1) is 15.8. The van der Waals surface area contributed by atoms with Gasteiger partial charge in [0.05, 0.1) is 6.04 Å². The first-order valence-corrected chi connectivity index (χ1v) is 9.72. The van der Waals surface area contributed by atoms with Crippen LogP contribution >= 0.6 is 11.8 Å². The number of allylic oxidation sites excluding steroid dienone is 2. The number of hydrogen-bond donors (Lipinski definition) is 1. The number of thioether (sulfide) groups is 1. The van der Waals surface area contributed by atoms with Gasteiger partial charge in [-0.3, -0.25) is 9.79 Å². The Labute approximate surface area is 147 Å². The maximum Gasteiger partial charge on any atom is 0.228 e. The molecule has 1 aromatic rings. The van der Waals surface area contributed by atoms with E-state index in [-0.39, 0.29) is 17.9 Å². The Balaban J connectivity index is 1.46. The molecule has 3 aliphatic rings. The van der Waals surface area contributed by atoms with Gasteiger partial charge in [0.2, 0.25) is 5.91 Å². The molecule has 1 N–H and O–H groups in total. The van der Waals surface area contributed by atoms with Gasteiger partial charge >= 0.3 is 0 Å². The number of amides is 1. The Kier molecular flexibility index (Phi) is 4.35. The molecule has 2 heterocycles. The second-order valence-electron chi connectivity index (χ2n) is 6.81. The van der Waals surface area contributed by atoms with E-state index in [0.29, 0.717) is 5.92 Å². The number of fused-ring (bicyclic) bond motifs is 1. The highest BCUT2D eigenvalue weighted by Crippen LogP contribution is 2.33. The number of carbonyl (C=O) groups excluding carboxylic acids is 1. The summed E-state index contributed by atoms with van der Waals surface area (Å²) in [4.78, 5) is 19.8. The van der Waals surface area contributed by atoms with Crippen LogP contribution in [0.25, 0.3) is 0 Å². The summed E-state index contributed by atoms with van der Waals surface area (Å²) in [6.45, 7) is 4.18. The standard InChI is InChI=1S/C19H23N3OS/c1-13-5-2-3-8-16(13)18(23)20-15-7-4-6-14(11-15)17-12-22-9-10-24-19(22)21-17/h2,4-7,11,13,16-17H,3,8-10,12H2,1H3,(H,20,23). The summed E-state index contributed by atoms with van der Waals surface area (Å²) < 4.78 is 0. The van der Waals surface area contributed by atoms with Crippen molar-refractivity contribution in [2.45, 2.75) is 25.8 Å². The normalized spacial score (nSPS) is 28.6. The summed E-state index contributed by atoms with van der Waals surface area (Å²) in [5.74, 6) is 1.67. The van der Waals surface area contributed by atoms with E-state index in [1.807, 2.05) is 23.9 Å². The van der Waals surface area contributed by atoms with Gasteiger partial charge in [-0.2, -0.15) is 0 Å². The van der Waals surface area contributed by atoms with Gasteiger partial charge in [0, 0.05) is 30.4 Å². The van der Waals surface area contributed by atoms with Crippen molar-refractivity contribution in [3.05, 3.63) is 42.0 Å². The summed E-state index contributed by atoms with van der Waals surface area (Å²) in [5, 5.41) is 4.29. The van der Waals surface area contributed by atoms with E-state index in [1.165, 1.54) is 10.7 Å². The predicted octanol–water partition coefficient (Wildman–Crippen LogP) is 3.69. The zero-order valence-electron chi connectivity index (χ0n) is 13.9. The van der Waals surface area contributed by atoms with Crippen LogP contribution in [0.1, 0.15) is 31.4 Å². The number of amidine groups is 1. The first-order valence-electron chi connectivity index (χ1n) is 8.74. The maximum absolute atomic E-state index is 12.6. The number of carbonyl (C=O) groups is 1. The summed E-state index contributed by atoms with van der Waals surface area (Å²) >= 11 is 1.84. The number of nitrogens with one attached hydrogen (secondary N) is 1. The summed E-state index contributed by atoms with van der Waals surface area (Å²) in [7, 11) is 0. The lowest BCUT2D eigenvalue weighted by atomic mass is 9.84. The fourth-order valence-corrected chi connectivity index (χ4v) is 4.74. The SMILES string of the molecule is CC1C=CCCC1C(=O)Nc1cccc(C2CN3CCSC3=N2)c1. The van der Waals surface area contributed by atoms with Crippen molar-refractivity contribution >= 4 is 28.5 Å². The molecule has 3 unspecified atom stereocenters. The molecule has 0 spiro atoms. The molecular weight excluding hydrogens is 318 g/mol. The van der Waals surface area contributed by atoms with E-state index in [4.69, 9.17) is 4.99 Å². The lowest BCUT2D eigenvalue weighted by Crippen LogP contribution is -2.28. The molecule has 0 saturated carbocycles. The minimum atomic E-state index is 0.0762. The van der Waals surface area contributed by atoms with E-state index in [1.54, 1.807) is 0 Å². The Bertz CT molecular complexity index is 700. The van der Waals surface area contributed by atoms with Crippen LogP contribution in [-0.2, 0) is 4.79 Å². The molecule has 0 radical (unpaired) electrons. The van der Waals surface area contributed by atoms with Crippen molar-refractivity contribution < 1.29 is 4.79 Å². The Morgan fingerprint density at radius 1 is 1.42 bits per heavy atom. The number of hydrogen-bond acceptors (Lipinski definition) is 4. The number of nitrogens with zero attached hydrogens (tertiary/aromatic N) is 2. The van der Waals surface area contributed by atoms with Gasteiger partial charge in [-0.05, 0) is 36.5 Å². The third-order valence-corrected chi connectivity index (χ3v) is 6.13. The van der Waals surface area contributed by atoms with E-state index in [2.05, 4.69) is 41.4 Å². The number of aliphatic imine (C=N–C) groups is 1. The van der Waals surface area contributed by atoms with Gasteiger partial charge in [-0.15, -0.1) is 0 Å². The Hall–Kier alpha value is -1.75. The third kappa shape index (κ3) is 3.09. The average Bonchev–Trinajstić information content (AvgIpc) is 3.17. The molecule has 1 aromatic carbocycles. The van der Waals surface area contributed by atoms with E-state index in [0.717, 1.165) is 37.4 Å². The lowest BCUT2D eigenvalue weighted by molar-refractivity contribution is -0.121. The molecule has 126 valence electrons. The van der Waals surface area contributed by atoms with Crippen LogP contribution in [0.5, 0.6) is 0 Å². The van der Waals surface area contributed by atoms with Crippen molar-refractivity contribution in [1.82, 2.24) is 4.90 Å². The molecule has 1 fully saturated rings. The van der Waals surface area contributed by atoms with Crippen LogP contribution in [0.15, 0.2) is 41.4 Å². The molecular formula is C19H23N3OS. The summed E-state index contributed by atoms with van der Waals surface area (Å²) in [6.07, 6.45) is 6.27. The van der Waals surface area contributed by atoms with Gasteiger partial charge in [0.1, 0.15) is 0 Å². The molecule has 1 saturated heterocycles. The first-order chi connectivity index (χ1) is 11.7. The van der Waals surface area contributed by atoms with Gasteiger partial charge < -0.3 is 10.2 Å². The minimum Gasteiger partial charge on any atom is -0.348 e. The molecule has 4 nitrogen and oxygen atoms in total. The van der Waals surface area contributed by atoms with Gasteiger partial charge in [0.25, 0.3) is 0 Å². The van der Waals surface area contributed by atoms with Crippen molar-refractivity contribution in [2.75, 3.05) is 24.2 Å². The van der Waals surface area contributed by atoms with Crippen molar-refractivity contribution in [3.8, 4) is 0 Å². The van der Waals surface area contributed by atoms with Crippen molar-refractivity contribution in [2.24, 2.45) is 16.8 Å². The zero-order chi connectivity index (χ0) is 16.5. The number of anilines is 1. The molecule has 1 aliphatic carbocycles. The quantitative estimate of drug-likeness (QED) is 0.853. The summed E-state index contributed by atoms with van der Waals surface area (Å²) in [5.41, 5.74) is 2.08. The number of rotatable bonds is 3. The maximum atomic E-state index is 12.6. The van der Waals surface area contributed by atoms with Crippen LogP contribution in [0.4, 0.5) is 5.69 Å². The second-order valence-corrected chi connectivity index (χ2v) is 7.87. The molecule has 2 aliphatic heterocycles. The smallest absolute Gasteiger partial charge is 0.228 e. The molecule has 5 heteroatoms. The molecule has 1 amide bonds. The zero-order valence-corrected chi connectivity index (χ0v) is 14.8. The molecule has 4 rings (SSSR count). The fourth-order valence-electron chi connectivity index (χ4n) is 3.70. The van der Waals surface area contributed by atoms with Crippen molar-refractivity contribution in [3.63, 3.8) is 0 Å². The Morgan fingerprint density at radius 2 is 2.33 bits per heavy atom. The van der Waals surface area contributed by atoms with Gasteiger partial charge in [0.15, 0.2) is 5.17 Å². The fraction of sp³-hybridized carbons (Fsp3) is 0.474. The molecule has 0 aromatic heterocycles. The average molecular weight is 341 g/mol. The highest BCUT2D eigenvalue weighted by atomic mass is 32.2. The van der Waals surface area contributed by atoms with Crippen LogP contribution in [0, 0.1) is 11.8 Å². The van der Waals surface area contributed by atoms with E-state index in [9.17, 15) is 4.79 Å². The van der Waals surface area contributed by atoms with Crippen molar-refractivity contribution in [1.29, 1.82) is 0 Å². The minimum absolute atomic E-state index is 0.0762. The number of benzene rings is 1. The van der Waals surface area contributed by atoms with Gasteiger partial charge in [-0.25, -0.2) is 0 Å².